The normalized spacial score (nSPS) is 9.83. The topological polar surface area (TPSA) is 62.4 Å². The fourth-order valence-electron chi connectivity index (χ4n) is 1.90. The summed E-state index contributed by atoms with van der Waals surface area (Å²) in [4.78, 5) is 12.2. The van der Waals surface area contributed by atoms with Crippen LogP contribution in [0, 0.1) is 0 Å². The average Bonchev–Trinajstić information content (AvgIpc) is 2.57. The lowest BCUT2D eigenvalue weighted by Crippen LogP contribution is -2.24. The number of carbonyl (C=O) groups excluding carboxylic acids is 1. The number of anilines is 2. The Morgan fingerprint density at radius 3 is 2.13 bits per heavy atom. The minimum Gasteiger partial charge on any atom is -0.494 e. The van der Waals surface area contributed by atoms with Gasteiger partial charge in [-0.3, -0.25) is 4.79 Å². The van der Waals surface area contributed by atoms with E-state index in [1.807, 2.05) is 31.2 Å². The van der Waals surface area contributed by atoms with Crippen LogP contribution < -0.4 is 20.7 Å². The third-order valence-corrected chi connectivity index (χ3v) is 3.36. The average molecular weight is 329 g/mol. The summed E-state index contributed by atoms with van der Waals surface area (Å²) < 4.78 is 5.37. The molecule has 2 rings (SSSR count). The van der Waals surface area contributed by atoms with E-state index >= 15 is 0 Å². The van der Waals surface area contributed by atoms with Gasteiger partial charge in [-0.25, -0.2) is 0 Å². The summed E-state index contributed by atoms with van der Waals surface area (Å²) in [6.07, 6.45) is 0. The van der Waals surface area contributed by atoms with E-state index in [9.17, 15) is 4.79 Å². The summed E-state index contributed by atoms with van der Waals surface area (Å²) in [5.41, 5.74) is 2.11. The highest BCUT2D eigenvalue weighted by Crippen LogP contribution is 2.17. The number of nitrogens with one attached hydrogen (secondary N) is 3. The van der Waals surface area contributed by atoms with Crippen molar-refractivity contribution in [1.82, 2.24) is 5.32 Å². The second-order valence-electron chi connectivity index (χ2n) is 4.69. The third kappa shape index (κ3) is 4.96. The maximum absolute atomic E-state index is 12.2. The molecule has 6 heteroatoms. The Balaban J connectivity index is 1.98. The molecule has 120 valence electrons. The quantitative estimate of drug-likeness (QED) is 0.735. The second kappa shape index (κ2) is 8.14. The van der Waals surface area contributed by atoms with Crippen LogP contribution in [0.1, 0.15) is 17.3 Å². The maximum atomic E-state index is 12.2. The Morgan fingerprint density at radius 1 is 1.00 bits per heavy atom. The molecule has 0 bridgehead atoms. The molecule has 0 unspecified atom stereocenters. The minimum absolute atomic E-state index is 0.170. The third-order valence-electron chi connectivity index (χ3n) is 3.06. The zero-order valence-electron chi connectivity index (χ0n) is 13.1. The van der Waals surface area contributed by atoms with Crippen molar-refractivity contribution in [2.45, 2.75) is 6.92 Å². The van der Waals surface area contributed by atoms with Gasteiger partial charge in [0.15, 0.2) is 5.11 Å². The molecule has 0 aliphatic heterocycles. The van der Waals surface area contributed by atoms with Crippen molar-refractivity contribution >= 4 is 34.6 Å². The molecular formula is C17H19N3O2S. The van der Waals surface area contributed by atoms with Crippen LogP contribution in [0.2, 0.25) is 0 Å². The SMILES string of the molecule is CCOc1ccc(NC(=O)c2ccc(NC(=S)NC)cc2)cc1. The van der Waals surface area contributed by atoms with Crippen molar-refractivity contribution in [3.05, 3.63) is 54.1 Å². The van der Waals surface area contributed by atoms with Crippen molar-refractivity contribution in [2.75, 3.05) is 24.3 Å². The highest BCUT2D eigenvalue weighted by atomic mass is 32.1. The smallest absolute Gasteiger partial charge is 0.255 e. The van der Waals surface area contributed by atoms with E-state index in [1.54, 1.807) is 31.3 Å². The molecule has 0 saturated heterocycles. The summed E-state index contributed by atoms with van der Waals surface area (Å²) in [6.45, 7) is 2.54. The van der Waals surface area contributed by atoms with Gasteiger partial charge in [0.2, 0.25) is 0 Å². The lowest BCUT2D eigenvalue weighted by molar-refractivity contribution is 0.102. The molecule has 0 spiro atoms. The molecule has 0 heterocycles. The van der Waals surface area contributed by atoms with Crippen LogP contribution in [0.4, 0.5) is 11.4 Å². The van der Waals surface area contributed by atoms with Gasteiger partial charge in [-0.15, -0.1) is 0 Å². The van der Waals surface area contributed by atoms with Gasteiger partial charge < -0.3 is 20.7 Å². The Bertz CT molecular complexity index is 669. The number of hydrogen-bond donors (Lipinski definition) is 3. The van der Waals surface area contributed by atoms with Crippen molar-refractivity contribution < 1.29 is 9.53 Å². The van der Waals surface area contributed by atoms with Crippen LogP contribution >= 0.6 is 12.2 Å². The Labute approximate surface area is 141 Å². The molecule has 0 saturated carbocycles. The molecule has 0 radical (unpaired) electrons. The van der Waals surface area contributed by atoms with Crippen LogP contribution in [-0.2, 0) is 0 Å². The first-order chi connectivity index (χ1) is 11.1. The fourth-order valence-corrected chi connectivity index (χ4v) is 2.02. The lowest BCUT2D eigenvalue weighted by Gasteiger charge is -2.09. The van der Waals surface area contributed by atoms with Crippen LogP contribution in [-0.4, -0.2) is 24.7 Å². The summed E-state index contributed by atoms with van der Waals surface area (Å²) >= 11 is 5.03. The number of hydrogen-bond acceptors (Lipinski definition) is 3. The van der Waals surface area contributed by atoms with Gasteiger partial charge in [0.05, 0.1) is 6.61 Å². The number of thiocarbonyl (C=S) groups is 1. The molecule has 23 heavy (non-hydrogen) atoms. The Hall–Kier alpha value is -2.60. The highest BCUT2D eigenvalue weighted by molar-refractivity contribution is 7.80. The number of amides is 1. The van der Waals surface area contributed by atoms with Gasteiger partial charge in [0.25, 0.3) is 5.91 Å². The molecule has 2 aromatic carbocycles. The van der Waals surface area contributed by atoms with E-state index in [1.165, 1.54) is 0 Å². The molecule has 5 nitrogen and oxygen atoms in total. The van der Waals surface area contributed by atoms with Gasteiger partial charge in [0, 0.05) is 24.0 Å². The van der Waals surface area contributed by atoms with E-state index in [0.29, 0.717) is 17.3 Å². The first-order valence-corrected chi connectivity index (χ1v) is 7.66. The van der Waals surface area contributed by atoms with Crippen molar-refractivity contribution in [3.8, 4) is 5.75 Å². The molecule has 1 amide bonds. The fraction of sp³-hybridized carbons (Fsp3) is 0.176. The van der Waals surface area contributed by atoms with E-state index in [0.717, 1.165) is 17.1 Å². The molecule has 3 N–H and O–H groups in total. The zero-order chi connectivity index (χ0) is 16.7. The summed E-state index contributed by atoms with van der Waals surface area (Å²) in [5, 5.41) is 9.20. The van der Waals surface area contributed by atoms with Crippen LogP contribution in [0.5, 0.6) is 5.75 Å². The van der Waals surface area contributed by atoms with Gasteiger partial charge in [-0.1, -0.05) is 0 Å². The van der Waals surface area contributed by atoms with Gasteiger partial charge in [0.1, 0.15) is 5.75 Å². The van der Waals surface area contributed by atoms with Crippen LogP contribution in [0.25, 0.3) is 0 Å². The summed E-state index contributed by atoms with van der Waals surface area (Å²) in [7, 11) is 1.74. The standard InChI is InChI=1S/C17H19N3O2S/c1-3-22-15-10-8-13(9-11-15)19-16(21)12-4-6-14(7-5-12)20-17(23)18-2/h4-11H,3H2,1-2H3,(H,19,21)(H2,18,20,23). The zero-order valence-corrected chi connectivity index (χ0v) is 13.9. The van der Waals surface area contributed by atoms with Gasteiger partial charge in [-0.2, -0.15) is 0 Å². The van der Waals surface area contributed by atoms with Crippen LogP contribution in [0.3, 0.4) is 0 Å². The highest BCUT2D eigenvalue weighted by Gasteiger charge is 2.06. The number of benzene rings is 2. The Kier molecular flexibility index (Phi) is 5.94. The Morgan fingerprint density at radius 2 is 1.57 bits per heavy atom. The van der Waals surface area contributed by atoms with E-state index in [2.05, 4.69) is 16.0 Å². The first kappa shape index (κ1) is 16.8. The van der Waals surface area contributed by atoms with Gasteiger partial charge in [-0.05, 0) is 67.7 Å². The van der Waals surface area contributed by atoms with Crippen molar-refractivity contribution in [1.29, 1.82) is 0 Å². The van der Waals surface area contributed by atoms with E-state index < -0.39 is 0 Å². The molecule has 0 aliphatic carbocycles. The molecule has 0 aromatic heterocycles. The largest absolute Gasteiger partial charge is 0.494 e. The number of ether oxygens (including phenoxy) is 1. The second-order valence-corrected chi connectivity index (χ2v) is 5.10. The van der Waals surface area contributed by atoms with E-state index in [-0.39, 0.29) is 5.91 Å². The predicted molar refractivity (Wildman–Crippen MR) is 97.3 cm³/mol. The number of carbonyl (C=O) groups is 1. The monoisotopic (exact) mass is 329 g/mol. The number of rotatable bonds is 5. The minimum atomic E-state index is -0.170. The molecule has 2 aromatic rings. The molecule has 0 aliphatic rings. The van der Waals surface area contributed by atoms with E-state index in [4.69, 9.17) is 17.0 Å². The van der Waals surface area contributed by atoms with Crippen molar-refractivity contribution in [2.24, 2.45) is 0 Å². The maximum Gasteiger partial charge on any atom is 0.255 e. The molecule has 0 fully saturated rings. The van der Waals surface area contributed by atoms with Crippen LogP contribution in [0.15, 0.2) is 48.5 Å². The first-order valence-electron chi connectivity index (χ1n) is 7.25. The van der Waals surface area contributed by atoms with Crippen molar-refractivity contribution in [3.63, 3.8) is 0 Å². The predicted octanol–water partition coefficient (Wildman–Crippen LogP) is 3.25. The summed E-state index contributed by atoms with van der Waals surface area (Å²) in [6, 6.07) is 14.4. The molecule has 0 atom stereocenters. The lowest BCUT2D eigenvalue weighted by atomic mass is 10.2. The summed E-state index contributed by atoms with van der Waals surface area (Å²) in [5.74, 6) is 0.610. The van der Waals surface area contributed by atoms with Gasteiger partial charge >= 0.3 is 0 Å². The molecular weight excluding hydrogens is 310 g/mol.